The van der Waals surface area contributed by atoms with E-state index in [0.29, 0.717) is 21.8 Å². The molecule has 2 rings (SSSR count). The third kappa shape index (κ3) is 2.96. The molecule has 2 unspecified atom stereocenters. The summed E-state index contributed by atoms with van der Waals surface area (Å²) < 4.78 is 0. The second-order valence-electron chi connectivity index (χ2n) is 5.71. The number of nitro groups is 1. The molecule has 0 aromatic carbocycles. The van der Waals surface area contributed by atoms with Crippen molar-refractivity contribution in [3.63, 3.8) is 0 Å². The Hall–Kier alpha value is -1.14. The van der Waals surface area contributed by atoms with Gasteiger partial charge in [0, 0.05) is 24.0 Å². The Balaban J connectivity index is 2.32. The minimum absolute atomic E-state index is 0.117. The highest BCUT2D eigenvalue weighted by Crippen LogP contribution is 2.42. The molecule has 0 aliphatic heterocycles. The summed E-state index contributed by atoms with van der Waals surface area (Å²) in [6.07, 6.45) is 4.03. The SMILES string of the molecule is CC1CCCCC1N(C)c1sc([C@H](C)O)cc1[N+](=O)[O-]. The van der Waals surface area contributed by atoms with Crippen LogP contribution in [0.4, 0.5) is 10.7 Å². The van der Waals surface area contributed by atoms with Crippen molar-refractivity contribution in [2.24, 2.45) is 5.92 Å². The zero-order valence-electron chi connectivity index (χ0n) is 12.2. The zero-order chi connectivity index (χ0) is 14.9. The molecule has 1 aromatic heterocycles. The molecule has 1 fully saturated rings. The van der Waals surface area contributed by atoms with Crippen LogP contribution in [0.1, 0.15) is 50.5 Å². The first kappa shape index (κ1) is 15.3. The summed E-state index contributed by atoms with van der Waals surface area (Å²) in [6, 6.07) is 1.86. The van der Waals surface area contributed by atoms with Crippen LogP contribution in [0, 0.1) is 16.0 Å². The third-order valence-electron chi connectivity index (χ3n) is 4.21. The van der Waals surface area contributed by atoms with Crippen LogP contribution < -0.4 is 4.90 Å². The second kappa shape index (κ2) is 6.10. The Morgan fingerprint density at radius 3 is 2.70 bits per heavy atom. The van der Waals surface area contributed by atoms with Gasteiger partial charge in [0.1, 0.15) is 0 Å². The van der Waals surface area contributed by atoms with Crippen LogP contribution in [-0.2, 0) is 0 Å². The first-order valence-corrected chi connectivity index (χ1v) is 7.92. The maximum atomic E-state index is 11.2. The van der Waals surface area contributed by atoms with E-state index in [1.165, 1.54) is 36.7 Å². The van der Waals surface area contributed by atoms with E-state index in [1.54, 1.807) is 6.92 Å². The van der Waals surface area contributed by atoms with Crippen LogP contribution in [0.15, 0.2) is 6.07 Å². The van der Waals surface area contributed by atoms with Gasteiger partial charge in [-0.3, -0.25) is 10.1 Å². The normalized spacial score (nSPS) is 24.4. The maximum Gasteiger partial charge on any atom is 0.304 e. The molecule has 1 heterocycles. The highest BCUT2D eigenvalue weighted by Gasteiger charge is 2.31. The van der Waals surface area contributed by atoms with Crippen molar-refractivity contribution in [3.8, 4) is 0 Å². The Labute approximate surface area is 123 Å². The molecule has 20 heavy (non-hydrogen) atoms. The molecule has 1 N–H and O–H groups in total. The van der Waals surface area contributed by atoms with Crippen LogP contribution in [0.25, 0.3) is 0 Å². The van der Waals surface area contributed by atoms with Crippen molar-refractivity contribution >= 4 is 22.0 Å². The Kier molecular flexibility index (Phi) is 4.65. The van der Waals surface area contributed by atoms with E-state index < -0.39 is 6.10 Å². The molecule has 0 bridgehead atoms. The van der Waals surface area contributed by atoms with Crippen molar-refractivity contribution in [1.29, 1.82) is 0 Å². The fourth-order valence-corrected chi connectivity index (χ4v) is 4.08. The van der Waals surface area contributed by atoms with Crippen LogP contribution in [-0.4, -0.2) is 23.1 Å². The van der Waals surface area contributed by atoms with Crippen molar-refractivity contribution in [3.05, 3.63) is 21.1 Å². The van der Waals surface area contributed by atoms with Gasteiger partial charge in [-0.05, 0) is 25.7 Å². The minimum atomic E-state index is -0.662. The van der Waals surface area contributed by atoms with Crippen LogP contribution >= 0.6 is 11.3 Å². The summed E-state index contributed by atoms with van der Waals surface area (Å²) in [5.74, 6) is 0.547. The lowest BCUT2D eigenvalue weighted by Crippen LogP contribution is -2.38. The van der Waals surface area contributed by atoms with E-state index in [9.17, 15) is 15.2 Å². The molecular formula is C14H22N2O3S. The van der Waals surface area contributed by atoms with E-state index in [1.807, 2.05) is 7.05 Å². The molecule has 1 aliphatic rings. The molecule has 0 amide bonds. The van der Waals surface area contributed by atoms with Crippen LogP contribution in [0.5, 0.6) is 0 Å². The van der Waals surface area contributed by atoms with Gasteiger partial charge in [-0.25, -0.2) is 0 Å². The Morgan fingerprint density at radius 1 is 1.50 bits per heavy atom. The van der Waals surface area contributed by atoms with E-state index >= 15 is 0 Å². The number of rotatable bonds is 4. The topological polar surface area (TPSA) is 66.6 Å². The van der Waals surface area contributed by atoms with Gasteiger partial charge in [0.25, 0.3) is 0 Å². The predicted molar refractivity (Wildman–Crippen MR) is 81.4 cm³/mol. The first-order chi connectivity index (χ1) is 9.41. The molecule has 5 nitrogen and oxygen atoms in total. The van der Waals surface area contributed by atoms with Gasteiger partial charge >= 0.3 is 5.69 Å². The Bertz CT molecular complexity index is 487. The summed E-state index contributed by atoms with van der Waals surface area (Å²) in [4.78, 5) is 13.6. The molecule has 1 aliphatic carbocycles. The average Bonchev–Trinajstić information content (AvgIpc) is 2.84. The fraction of sp³-hybridized carbons (Fsp3) is 0.714. The molecule has 1 aromatic rings. The van der Waals surface area contributed by atoms with Gasteiger partial charge in [-0.2, -0.15) is 0 Å². The number of thiophene rings is 1. The largest absolute Gasteiger partial charge is 0.388 e. The van der Waals surface area contributed by atoms with Crippen molar-refractivity contribution in [1.82, 2.24) is 0 Å². The third-order valence-corrected chi connectivity index (χ3v) is 5.59. The quantitative estimate of drug-likeness (QED) is 0.679. The monoisotopic (exact) mass is 298 g/mol. The van der Waals surface area contributed by atoms with E-state index in [0.717, 1.165) is 6.42 Å². The molecular weight excluding hydrogens is 276 g/mol. The van der Waals surface area contributed by atoms with E-state index in [4.69, 9.17) is 0 Å². The fourth-order valence-electron chi connectivity index (χ4n) is 3.00. The number of nitrogens with zero attached hydrogens (tertiary/aromatic N) is 2. The standard InChI is InChI=1S/C14H22N2O3S/c1-9-6-4-5-7-11(9)15(3)14-12(16(18)19)8-13(20-14)10(2)17/h8-11,17H,4-7H2,1-3H3/t9?,10-,11?/m0/s1. The highest BCUT2D eigenvalue weighted by molar-refractivity contribution is 7.16. The number of hydrogen-bond donors (Lipinski definition) is 1. The molecule has 112 valence electrons. The highest BCUT2D eigenvalue weighted by atomic mass is 32.1. The molecule has 0 saturated heterocycles. The molecule has 3 atom stereocenters. The van der Waals surface area contributed by atoms with Gasteiger partial charge in [-0.1, -0.05) is 19.8 Å². The van der Waals surface area contributed by atoms with Gasteiger partial charge in [-0.15, -0.1) is 11.3 Å². The van der Waals surface area contributed by atoms with Crippen LogP contribution in [0.2, 0.25) is 0 Å². The number of aliphatic hydroxyl groups excluding tert-OH is 1. The first-order valence-electron chi connectivity index (χ1n) is 7.10. The molecule has 0 spiro atoms. The summed E-state index contributed by atoms with van der Waals surface area (Å²) >= 11 is 1.33. The van der Waals surface area contributed by atoms with Crippen LogP contribution in [0.3, 0.4) is 0 Å². The number of hydrogen-bond acceptors (Lipinski definition) is 5. The van der Waals surface area contributed by atoms with E-state index in [2.05, 4.69) is 11.8 Å². The van der Waals surface area contributed by atoms with Gasteiger partial charge < -0.3 is 10.0 Å². The average molecular weight is 298 g/mol. The van der Waals surface area contributed by atoms with Crippen molar-refractivity contribution < 1.29 is 10.0 Å². The summed E-state index contributed by atoms with van der Waals surface area (Å²) in [5, 5.41) is 21.6. The molecule has 0 radical (unpaired) electrons. The smallest absolute Gasteiger partial charge is 0.304 e. The van der Waals surface area contributed by atoms with E-state index in [-0.39, 0.29) is 10.6 Å². The van der Waals surface area contributed by atoms with Gasteiger partial charge in [0.05, 0.1) is 11.0 Å². The van der Waals surface area contributed by atoms with Crippen molar-refractivity contribution in [2.45, 2.75) is 51.7 Å². The van der Waals surface area contributed by atoms with Gasteiger partial charge in [0.15, 0.2) is 5.00 Å². The van der Waals surface area contributed by atoms with Gasteiger partial charge in [0.2, 0.25) is 0 Å². The minimum Gasteiger partial charge on any atom is -0.388 e. The van der Waals surface area contributed by atoms with Crippen molar-refractivity contribution in [2.75, 3.05) is 11.9 Å². The lowest BCUT2D eigenvalue weighted by atomic mass is 9.85. The summed E-state index contributed by atoms with van der Waals surface area (Å²) in [5.41, 5.74) is 0.117. The summed E-state index contributed by atoms with van der Waals surface area (Å²) in [6.45, 7) is 3.86. The zero-order valence-corrected chi connectivity index (χ0v) is 13.0. The lowest BCUT2D eigenvalue weighted by Gasteiger charge is -2.36. The summed E-state index contributed by atoms with van der Waals surface area (Å²) in [7, 11) is 1.94. The second-order valence-corrected chi connectivity index (χ2v) is 6.77. The molecule has 6 heteroatoms. The predicted octanol–water partition coefficient (Wildman–Crippen LogP) is 3.72. The maximum absolute atomic E-state index is 11.2. The number of anilines is 1. The Morgan fingerprint density at radius 2 is 2.15 bits per heavy atom. The molecule has 1 saturated carbocycles. The lowest BCUT2D eigenvalue weighted by molar-refractivity contribution is -0.383. The number of aliphatic hydroxyl groups is 1.